The van der Waals surface area contributed by atoms with E-state index in [4.69, 9.17) is 5.73 Å². The highest BCUT2D eigenvalue weighted by atomic mass is 16.2. The zero-order valence-electron chi connectivity index (χ0n) is 10.6. The van der Waals surface area contributed by atoms with E-state index in [2.05, 4.69) is 15.3 Å². The van der Waals surface area contributed by atoms with Crippen molar-refractivity contribution in [3.63, 3.8) is 0 Å². The zero-order valence-corrected chi connectivity index (χ0v) is 10.6. The molecule has 0 saturated heterocycles. The van der Waals surface area contributed by atoms with Crippen LogP contribution >= 0.6 is 0 Å². The molecule has 0 saturated carbocycles. The molecule has 0 aliphatic rings. The summed E-state index contributed by atoms with van der Waals surface area (Å²) in [6.07, 6.45) is 6.02. The molecule has 4 N–H and O–H groups in total. The fourth-order valence-electron chi connectivity index (χ4n) is 1.50. The van der Waals surface area contributed by atoms with Crippen molar-refractivity contribution in [2.45, 2.75) is 33.1 Å². The van der Waals surface area contributed by atoms with E-state index in [-0.39, 0.29) is 5.91 Å². The summed E-state index contributed by atoms with van der Waals surface area (Å²) in [5.41, 5.74) is 5.18. The van der Waals surface area contributed by atoms with Gasteiger partial charge in [0.2, 0.25) is 5.91 Å². The smallest absolute Gasteiger partial charge is 0.227 e. The van der Waals surface area contributed by atoms with Crippen LogP contribution in [0.2, 0.25) is 0 Å². The predicted molar refractivity (Wildman–Crippen MR) is 67.4 cm³/mol. The van der Waals surface area contributed by atoms with Gasteiger partial charge in [0.25, 0.3) is 0 Å². The Labute approximate surface area is 102 Å². The lowest BCUT2D eigenvalue weighted by atomic mass is 9.86. The number of rotatable bonds is 7. The molecule has 1 aromatic rings. The fraction of sp³-hybridized carbons (Fsp3) is 0.667. The number of aryl methyl sites for hydroxylation is 1. The van der Waals surface area contributed by atoms with Crippen molar-refractivity contribution in [2.24, 2.45) is 11.1 Å². The van der Waals surface area contributed by atoms with Crippen LogP contribution in [0.4, 0.5) is 0 Å². The van der Waals surface area contributed by atoms with Gasteiger partial charge in [0, 0.05) is 31.9 Å². The lowest BCUT2D eigenvalue weighted by molar-refractivity contribution is -0.129. The van der Waals surface area contributed by atoms with Crippen molar-refractivity contribution in [2.75, 3.05) is 13.1 Å². The Morgan fingerprint density at radius 3 is 2.94 bits per heavy atom. The highest BCUT2D eigenvalue weighted by Gasteiger charge is 2.28. The van der Waals surface area contributed by atoms with Gasteiger partial charge in [0.15, 0.2) is 0 Å². The van der Waals surface area contributed by atoms with Crippen molar-refractivity contribution < 1.29 is 4.79 Å². The zero-order chi connectivity index (χ0) is 12.7. The summed E-state index contributed by atoms with van der Waals surface area (Å²) in [7, 11) is 0. The quantitative estimate of drug-likeness (QED) is 0.615. The average Bonchev–Trinajstić information content (AvgIpc) is 2.86. The number of hydrogen-bond acceptors (Lipinski definition) is 3. The maximum Gasteiger partial charge on any atom is 0.227 e. The van der Waals surface area contributed by atoms with E-state index < -0.39 is 5.41 Å². The van der Waals surface area contributed by atoms with Crippen LogP contribution in [0.3, 0.4) is 0 Å². The molecule has 17 heavy (non-hydrogen) atoms. The standard InChI is InChI=1S/C12H22N4O/c1-3-12(2,9-13)11(17)16-6-4-5-10-14-7-8-15-10/h7-8H,3-6,9,13H2,1-2H3,(H,14,15)(H,16,17). The van der Waals surface area contributed by atoms with Gasteiger partial charge in [-0.3, -0.25) is 4.79 Å². The molecule has 1 unspecified atom stereocenters. The molecule has 1 atom stereocenters. The summed E-state index contributed by atoms with van der Waals surface area (Å²) >= 11 is 0. The summed E-state index contributed by atoms with van der Waals surface area (Å²) in [4.78, 5) is 19.0. The lowest BCUT2D eigenvalue weighted by Crippen LogP contribution is -2.43. The maximum absolute atomic E-state index is 11.9. The summed E-state index contributed by atoms with van der Waals surface area (Å²) in [6.45, 7) is 4.92. The highest BCUT2D eigenvalue weighted by molar-refractivity contribution is 5.82. The molecule has 0 bridgehead atoms. The fourth-order valence-corrected chi connectivity index (χ4v) is 1.50. The SMILES string of the molecule is CCC(C)(CN)C(=O)NCCCc1ncc[nH]1. The van der Waals surface area contributed by atoms with Crippen molar-refractivity contribution >= 4 is 5.91 Å². The molecule has 5 heteroatoms. The van der Waals surface area contributed by atoms with Crippen LogP contribution in [0, 0.1) is 5.41 Å². The van der Waals surface area contributed by atoms with E-state index in [1.54, 1.807) is 12.4 Å². The molecule has 0 spiro atoms. The first-order valence-electron chi connectivity index (χ1n) is 6.09. The second kappa shape index (κ2) is 6.39. The molecular formula is C12H22N4O. The summed E-state index contributed by atoms with van der Waals surface area (Å²) in [5.74, 6) is 0.998. The molecule has 5 nitrogen and oxygen atoms in total. The molecular weight excluding hydrogens is 216 g/mol. The van der Waals surface area contributed by atoms with Gasteiger partial charge >= 0.3 is 0 Å². The first kappa shape index (κ1) is 13.7. The summed E-state index contributed by atoms with van der Waals surface area (Å²) in [5, 5.41) is 2.93. The maximum atomic E-state index is 11.9. The number of hydrogen-bond donors (Lipinski definition) is 3. The second-order valence-electron chi connectivity index (χ2n) is 4.51. The summed E-state index contributed by atoms with van der Waals surface area (Å²) < 4.78 is 0. The second-order valence-corrected chi connectivity index (χ2v) is 4.51. The number of carbonyl (C=O) groups is 1. The van der Waals surface area contributed by atoms with Gasteiger partial charge in [-0.15, -0.1) is 0 Å². The van der Waals surface area contributed by atoms with E-state index in [0.29, 0.717) is 13.1 Å². The third-order valence-corrected chi connectivity index (χ3v) is 3.21. The first-order valence-corrected chi connectivity index (χ1v) is 6.09. The lowest BCUT2D eigenvalue weighted by Gasteiger charge is -2.24. The first-order chi connectivity index (χ1) is 8.12. The minimum Gasteiger partial charge on any atom is -0.356 e. The Bertz CT molecular complexity index is 330. The average molecular weight is 238 g/mol. The molecule has 0 radical (unpaired) electrons. The van der Waals surface area contributed by atoms with Gasteiger partial charge < -0.3 is 16.0 Å². The van der Waals surface area contributed by atoms with Crippen LogP contribution < -0.4 is 11.1 Å². The third-order valence-electron chi connectivity index (χ3n) is 3.21. The van der Waals surface area contributed by atoms with Gasteiger partial charge in [0.1, 0.15) is 5.82 Å². The van der Waals surface area contributed by atoms with Crippen LogP contribution in [0.25, 0.3) is 0 Å². The minimum absolute atomic E-state index is 0.0435. The molecule has 0 aromatic carbocycles. The number of nitrogens with one attached hydrogen (secondary N) is 2. The molecule has 1 rings (SSSR count). The Kier molecular flexibility index (Phi) is 5.15. The van der Waals surface area contributed by atoms with E-state index in [9.17, 15) is 4.79 Å². The van der Waals surface area contributed by atoms with Gasteiger partial charge in [-0.1, -0.05) is 6.92 Å². The number of amides is 1. The van der Waals surface area contributed by atoms with E-state index >= 15 is 0 Å². The Morgan fingerprint density at radius 2 is 2.41 bits per heavy atom. The van der Waals surface area contributed by atoms with Crippen molar-refractivity contribution in [1.29, 1.82) is 0 Å². The van der Waals surface area contributed by atoms with Crippen LogP contribution in [-0.4, -0.2) is 29.0 Å². The van der Waals surface area contributed by atoms with Crippen LogP contribution in [0.15, 0.2) is 12.4 Å². The molecule has 96 valence electrons. The highest BCUT2D eigenvalue weighted by Crippen LogP contribution is 2.18. The van der Waals surface area contributed by atoms with Crippen molar-refractivity contribution in [3.05, 3.63) is 18.2 Å². The van der Waals surface area contributed by atoms with E-state index in [1.807, 2.05) is 13.8 Å². The number of aromatic amines is 1. The molecule has 0 aliphatic carbocycles. The minimum atomic E-state index is -0.440. The Balaban J connectivity index is 2.24. The topological polar surface area (TPSA) is 83.8 Å². The monoisotopic (exact) mass is 238 g/mol. The van der Waals surface area contributed by atoms with E-state index in [0.717, 1.165) is 25.1 Å². The molecule has 1 heterocycles. The Morgan fingerprint density at radius 1 is 1.65 bits per heavy atom. The summed E-state index contributed by atoms with van der Waals surface area (Å²) in [6, 6.07) is 0. The van der Waals surface area contributed by atoms with Gasteiger partial charge in [-0.05, 0) is 19.8 Å². The Hall–Kier alpha value is -1.36. The van der Waals surface area contributed by atoms with Gasteiger partial charge in [-0.2, -0.15) is 0 Å². The molecule has 0 aliphatic heterocycles. The van der Waals surface area contributed by atoms with Crippen LogP contribution in [0.1, 0.15) is 32.5 Å². The number of aromatic nitrogens is 2. The molecule has 0 fully saturated rings. The predicted octanol–water partition coefficient (Wildman–Crippen LogP) is 0.833. The number of carbonyl (C=O) groups excluding carboxylic acids is 1. The van der Waals surface area contributed by atoms with Crippen LogP contribution in [-0.2, 0) is 11.2 Å². The van der Waals surface area contributed by atoms with Crippen molar-refractivity contribution in [1.82, 2.24) is 15.3 Å². The number of nitrogens with two attached hydrogens (primary N) is 1. The van der Waals surface area contributed by atoms with E-state index in [1.165, 1.54) is 0 Å². The molecule has 1 amide bonds. The number of H-pyrrole nitrogens is 1. The van der Waals surface area contributed by atoms with Crippen molar-refractivity contribution in [3.8, 4) is 0 Å². The number of imidazole rings is 1. The van der Waals surface area contributed by atoms with Crippen LogP contribution in [0.5, 0.6) is 0 Å². The third kappa shape index (κ3) is 3.85. The number of nitrogens with zero attached hydrogens (tertiary/aromatic N) is 1. The van der Waals surface area contributed by atoms with Gasteiger partial charge in [0.05, 0.1) is 5.41 Å². The largest absolute Gasteiger partial charge is 0.356 e. The van der Waals surface area contributed by atoms with Gasteiger partial charge in [-0.25, -0.2) is 4.98 Å². The normalized spacial score (nSPS) is 14.3. The molecule has 1 aromatic heterocycles.